The lowest BCUT2D eigenvalue weighted by Gasteiger charge is -1.87. The van der Waals surface area contributed by atoms with Gasteiger partial charge < -0.3 is 0 Å². The standard InChI is InChI=1S/C14H18/c1-2-4-6-8-10-12-14-13-11-9-7-5-3-1/h1-6,9-12H,7-8,13-14H2/b2-1-,5-3+,6-4+,11-9+,12-10+. The van der Waals surface area contributed by atoms with Gasteiger partial charge in [-0.25, -0.2) is 0 Å². The summed E-state index contributed by atoms with van der Waals surface area (Å²) in [5.74, 6) is 0. The molecule has 1 rings (SSSR count). The van der Waals surface area contributed by atoms with Gasteiger partial charge in [-0.3, -0.25) is 0 Å². The Balaban J connectivity index is 2.45. The van der Waals surface area contributed by atoms with Gasteiger partial charge in [0, 0.05) is 0 Å². The number of rotatable bonds is 0. The molecule has 0 bridgehead atoms. The van der Waals surface area contributed by atoms with Gasteiger partial charge in [0.15, 0.2) is 0 Å². The minimum Gasteiger partial charge on any atom is -0.0879 e. The summed E-state index contributed by atoms with van der Waals surface area (Å²) in [4.78, 5) is 0. The Morgan fingerprint density at radius 1 is 0.429 bits per heavy atom. The van der Waals surface area contributed by atoms with Crippen LogP contribution in [0.25, 0.3) is 0 Å². The van der Waals surface area contributed by atoms with Crippen LogP contribution in [0.2, 0.25) is 0 Å². The van der Waals surface area contributed by atoms with E-state index in [-0.39, 0.29) is 0 Å². The maximum atomic E-state index is 2.25. The van der Waals surface area contributed by atoms with Crippen molar-refractivity contribution in [3.8, 4) is 0 Å². The molecule has 0 aromatic rings. The Labute approximate surface area is 87.0 Å². The molecule has 0 saturated heterocycles. The summed E-state index contributed by atoms with van der Waals surface area (Å²) in [7, 11) is 0. The molecule has 0 aromatic heterocycles. The van der Waals surface area contributed by atoms with Gasteiger partial charge in [-0.05, 0) is 25.7 Å². The maximum Gasteiger partial charge on any atom is -0.0166 e. The van der Waals surface area contributed by atoms with Crippen LogP contribution in [0.3, 0.4) is 0 Å². The molecule has 0 saturated carbocycles. The monoisotopic (exact) mass is 186 g/mol. The summed E-state index contributed by atoms with van der Waals surface area (Å²) in [6.45, 7) is 0. The lowest BCUT2D eigenvalue weighted by molar-refractivity contribution is 1.04. The fourth-order valence-electron chi connectivity index (χ4n) is 1.22. The van der Waals surface area contributed by atoms with Gasteiger partial charge in [0.05, 0.1) is 0 Å². The van der Waals surface area contributed by atoms with Crippen LogP contribution >= 0.6 is 0 Å². The molecule has 0 heterocycles. The Bertz CT molecular complexity index is 234. The zero-order chi connectivity index (χ0) is 9.90. The van der Waals surface area contributed by atoms with Crippen molar-refractivity contribution in [2.45, 2.75) is 25.7 Å². The third-order valence-electron chi connectivity index (χ3n) is 1.98. The van der Waals surface area contributed by atoms with Crippen molar-refractivity contribution in [2.24, 2.45) is 0 Å². The van der Waals surface area contributed by atoms with Gasteiger partial charge in [-0.2, -0.15) is 0 Å². The van der Waals surface area contributed by atoms with E-state index in [1.165, 1.54) is 0 Å². The highest BCUT2D eigenvalue weighted by atomic mass is 13.8. The molecule has 0 heteroatoms. The molecule has 1 aliphatic rings. The third-order valence-corrected chi connectivity index (χ3v) is 1.98. The molecule has 0 unspecified atom stereocenters. The average molecular weight is 186 g/mol. The second kappa shape index (κ2) is 8.31. The van der Waals surface area contributed by atoms with Crippen molar-refractivity contribution in [2.75, 3.05) is 0 Å². The van der Waals surface area contributed by atoms with Gasteiger partial charge in [-0.1, -0.05) is 60.8 Å². The van der Waals surface area contributed by atoms with E-state index in [4.69, 9.17) is 0 Å². The molecule has 0 aromatic carbocycles. The summed E-state index contributed by atoms with van der Waals surface area (Å²) in [5, 5.41) is 0. The highest BCUT2D eigenvalue weighted by Gasteiger charge is 1.77. The fourth-order valence-corrected chi connectivity index (χ4v) is 1.22. The van der Waals surface area contributed by atoms with Crippen molar-refractivity contribution >= 4 is 0 Å². The van der Waals surface area contributed by atoms with E-state index in [2.05, 4.69) is 60.8 Å². The van der Waals surface area contributed by atoms with Crippen LogP contribution in [0.4, 0.5) is 0 Å². The zero-order valence-electron chi connectivity index (χ0n) is 8.60. The average Bonchev–Trinajstić information content (AvgIpc) is 2.22. The van der Waals surface area contributed by atoms with E-state index in [1.54, 1.807) is 0 Å². The maximum absolute atomic E-state index is 2.25. The molecule has 0 fully saturated rings. The van der Waals surface area contributed by atoms with Crippen molar-refractivity contribution in [3.05, 3.63) is 60.8 Å². The number of hydrogen-bond acceptors (Lipinski definition) is 0. The summed E-state index contributed by atoms with van der Waals surface area (Å²) >= 11 is 0. The zero-order valence-corrected chi connectivity index (χ0v) is 8.60. The van der Waals surface area contributed by atoms with Crippen molar-refractivity contribution in [1.29, 1.82) is 0 Å². The summed E-state index contributed by atoms with van der Waals surface area (Å²) in [6, 6.07) is 0. The SMILES string of the molecule is C1=C\C=C\C/C=C/CC/C=C/C/C=C/1. The van der Waals surface area contributed by atoms with Gasteiger partial charge in [0.25, 0.3) is 0 Å². The van der Waals surface area contributed by atoms with E-state index < -0.39 is 0 Å². The summed E-state index contributed by atoms with van der Waals surface area (Å²) in [6.07, 6.45) is 26.0. The highest BCUT2D eigenvalue weighted by Crippen LogP contribution is 1.98. The molecule has 14 heavy (non-hydrogen) atoms. The normalized spacial score (nSPS) is 29.7. The first kappa shape index (κ1) is 10.8. The van der Waals surface area contributed by atoms with E-state index in [9.17, 15) is 0 Å². The molecule has 0 spiro atoms. The molecular formula is C14H18. The largest absolute Gasteiger partial charge is 0.0879 e. The highest BCUT2D eigenvalue weighted by molar-refractivity contribution is 5.13. The molecule has 0 atom stereocenters. The Morgan fingerprint density at radius 3 is 1.43 bits per heavy atom. The molecule has 0 N–H and O–H groups in total. The topological polar surface area (TPSA) is 0 Å². The molecule has 1 aliphatic carbocycles. The Morgan fingerprint density at radius 2 is 0.929 bits per heavy atom. The van der Waals surface area contributed by atoms with Crippen LogP contribution in [-0.2, 0) is 0 Å². The smallest absolute Gasteiger partial charge is 0.0166 e. The lowest BCUT2D eigenvalue weighted by Crippen LogP contribution is -1.67. The van der Waals surface area contributed by atoms with Crippen LogP contribution < -0.4 is 0 Å². The first-order valence-electron chi connectivity index (χ1n) is 5.28. The molecule has 0 radical (unpaired) electrons. The summed E-state index contributed by atoms with van der Waals surface area (Å²) < 4.78 is 0. The lowest BCUT2D eigenvalue weighted by atomic mass is 10.2. The van der Waals surface area contributed by atoms with Crippen LogP contribution in [0.5, 0.6) is 0 Å². The molecule has 74 valence electrons. The van der Waals surface area contributed by atoms with Crippen LogP contribution in [0.1, 0.15) is 25.7 Å². The molecular weight excluding hydrogens is 168 g/mol. The van der Waals surface area contributed by atoms with Gasteiger partial charge in [-0.15, -0.1) is 0 Å². The minimum absolute atomic E-state index is 1.04. The first-order chi connectivity index (χ1) is 7.00. The first-order valence-corrected chi connectivity index (χ1v) is 5.28. The predicted molar refractivity (Wildman–Crippen MR) is 64.2 cm³/mol. The molecule has 0 nitrogen and oxygen atoms in total. The second-order valence-corrected chi connectivity index (χ2v) is 3.23. The minimum atomic E-state index is 1.04. The van der Waals surface area contributed by atoms with Crippen molar-refractivity contribution in [3.63, 3.8) is 0 Å². The van der Waals surface area contributed by atoms with Gasteiger partial charge >= 0.3 is 0 Å². The fraction of sp³-hybridized carbons (Fsp3) is 0.286. The second-order valence-electron chi connectivity index (χ2n) is 3.23. The van der Waals surface area contributed by atoms with Crippen LogP contribution in [0, 0.1) is 0 Å². The van der Waals surface area contributed by atoms with Crippen LogP contribution in [0.15, 0.2) is 60.8 Å². The number of hydrogen-bond donors (Lipinski definition) is 0. The van der Waals surface area contributed by atoms with Crippen molar-refractivity contribution < 1.29 is 0 Å². The van der Waals surface area contributed by atoms with E-state index >= 15 is 0 Å². The Kier molecular flexibility index (Phi) is 6.39. The molecule has 0 amide bonds. The van der Waals surface area contributed by atoms with Gasteiger partial charge in [0.1, 0.15) is 0 Å². The van der Waals surface area contributed by atoms with E-state index in [1.807, 2.05) is 0 Å². The molecule has 0 aliphatic heterocycles. The number of allylic oxidation sites excluding steroid dienone is 10. The van der Waals surface area contributed by atoms with Crippen LogP contribution in [-0.4, -0.2) is 0 Å². The van der Waals surface area contributed by atoms with E-state index in [0.29, 0.717) is 0 Å². The van der Waals surface area contributed by atoms with Gasteiger partial charge in [0.2, 0.25) is 0 Å². The Hall–Kier alpha value is -1.30. The quantitative estimate of drug-likeness (QED) is 0.494. The third kappa shape index (κ3) is 6.24. The summed E-state index contributed by atoms with van der Waals surface area (Å²) in [5.41, 5.74) is 0. The van der Waals surface area contributed by atoms with Crippen molar-refractivity contribution in [1.82, 2.24) is 0 Å². The van der Waals surface area contributed by atoms with E-state index in [0.717, 1.165) is 25.7 Å². The predicted octanol–water partition coefficient (Wildman–Crippen LogP) is 4.34.